The number of nitrogens with two attached hydrogens (primary N) is 2. The standard InChI is InChI=1S/C34H49ClN6O3/c1-5-7-26(20-27(8-6-2)39-34(42)24-17-28(18-24)41-14-12-40(4)13-15-41)38-32(33(37)44-29-11-16-43-22-29)21-31(36)30-19-25(35)10-9-23(30)3/h5,7-10,19-21,24,28-29,38H,6,11-18,22,36-37H2,1-4H3,(H,39,42)/b7-5-,26-20+,27-8-,31-21-,33-32-. The number of benzene rings is 1. The van der Waals surface area contributed by atoms with Gasteiger partial charge >= 0.3 is 0 Å². The van der Waals surface area contributed by atoms with Gasteiger partial charge in [-0.25, -0.2) is 0 Å². The van der Waals surface area contributed by atoms with E-state index in [-0.39, 0.29) is 23.8 Å². The third-order valence-electron chi connectivity index (χ3n) is 8.42. The van der Waals surface area contributed by atoms with Gasteiger partial charge in [-0.1, -0.05) is 36.7 Å². The van der Waals surface area contributed by atoms with Crippen LogP contribution in [0.3, 0.4) is 0 Å². The number of ether oxygens (including phenoxy) is 2. The van der Waals surface area contributed by atoms with Crippen molar-refractivity contribution in [2.45, 2.75) is 58.6 Å². The molecule has 2 aliphatic heterocycles. The summed E-state index contributed by atoms with van der Waals surface area (Å²) in [6.45, 7) is 11.4. The molecule has 4 rings (SSSR count). The molecule has 0 radical (unpaired) electrons. The van der Waals surface area contributed by atoms with Crippen molar-refractivity contribution in [2.24, 2.45) is 17.4 Å². The molecule has 0 bridgehead atoms. The average Bonchev–Trinajstić information content (AvgIpc) is 3.47. The zero-order chi connectivity index (χ0) is 31.6. The molecule has 1 aromatic rings. The van der Waals surface area contributed by atoms with Crippen LogP contribution >= 0.6 is 11.6 Å². The summed E-state index contributed by atoms with van der Waals surface area (Å²) in [5.74, 6) is 0.280. The number of nitrogens with zero attached hydrogens (tertiary/aromatic N) is 2. The van der Waals surface area contributed by atoms with Crippen molar-refractivity contribution in [2.75, 3.05) is 46.4 Å². The van der Waals surface area contributed by atoms with Crippen LogP contribution in [0.4, 0.5) is 0 Å². The van der Waals surface area contributed by atoms with Crippen LogP contribution in [0.5, 0.6) is 0 Å². The van der Waals surface area contributed by atoms with Gasteiger partial charge in [0.2, 0.25) is 11.8 Å². The van der Waals surface area contributed by atoms with Crippen LogP contribution in [0.25, 0.3) is 5.70 Å². The van der Waals surface area contributed by atoms with E-state index in [1.165, 1.54) is 0 Å². The summed E-state index contributed by atoms with van der Waals surface area (Å²) >= 11 is 6.28. The molecule has 1 atom stereocenters. The molecule has 2 heterocycles. The number of piperazine rings is 1. The summed E-state index contributed by atoms with van der Waals surface area (Å²) in [7, 11) is 2.16. The van der Waals surface area contributed by atoms with Gasteiger partial charge in [-0.2, -0.15) is 0 Å². The molecule has 240 valence electrons. The molecule has 0 aromatic heterocycles. The lowest BCUT2D eigenvalue weighted by atomic mass is 9.78. The Bertz CT molecular complexity index is 1300. The van der Waals surface area contributed by atoms with Crippen molar-refractivity contribution in [3.63, 3.8) is 0 Å². The van der Waals surface area contributed by atoms with Crippen molar-refractivity contribution in [1.82, 2.24) is 20.4 Å². The first-order valence-electron chi connectivity index (χ1n) is 15.7. The molecule has 3 aliphatic rings. The van der Waals surface area contributed by atoms with E-state index in [0.29, 0.717) is 41.4 Å². The number of hydrogen-bond acceptors (Lipinski definition) is 8. The van der Waals surface area contributed by atoms with Gasteiger partial charge in [0.1, 0.15) is 11.8 Å². The van der Waals surface area contributed by atoms with Gasteiger partial charge in [0.05, 0.1) is 13.2 Å². The Labute approximate surface area is 267 Å². The largest absolute Gasteiger partial charge is 0.472 e. The zero-order valence-electron chi connectivity index (χ0n) is 26.6. The van der Waals surface area contributed by atoms with Crippen molar-refractivity contribution >= 4 is 23.2 Å². The van der Waals surface area contributed by atoms with E-state index in [0.717, 1.165) is 68.7 Å². The van der Waals surface area contributed by atoms with Gasteiger partial charge in [-0.05, 0) is 76.1 Å². The summed E-state index contributed by atoms with van der Waals surface area (Å²) in [5.41, 5.74) is 17.3. The van der Waals surface area contributed by atoms with Gasteiger partial charge in [0.25, 0.3) is 0 Å². The van der Waals surface area contributed by atoms with Crippen molar-refractivity contribution < 1.29 is 14.3 Å². The number of amides is 1. The maximum atomic E-state index is 13.3. The fourth-order valence-electron chi connectivity index (χ4n) is 5.68. The zero-order valence-corrected chi connectivity index (χ0v) is 27.3. The Morgan fingerprint density at radius 3 is 2.55 bits per heavy atom. The van der Waals surface area contributed by atoms with Crippen LogP contribution in [0, 0.1) is 12.8 Å². The van der Waals surface area contributed by atoms with Crippen molar-refractivity contribution in [3.8, 4) is 0 Å². The highest BCUT2D eigenvalue weighted by atomic mass is 35.5. The van der Waals surface area contributed by atoms with E-state index in [9.17, 15) is 4.79 Å². The first-order valence-corrected chi connectivity index (χ1v) is 16.1. The van der Waals surface area contributed by atoms with E-state index in [1.807, 2.05) is 63.3 Å². The lowest BCUT2D eigenvalue weighted by Gasteiger charge is -2.45. The van der Waals surface area contributed by atoms with Crippen LogP contribution < -0.4 is 22.1 Å². The molecular formula is C34H49ClN6O3. The molecule has 1 unspecified atom stereocenters. The maximum Gasteiger partial charge on any atom is 0.227 e. The summed E-state index contributed by atoms with van der Waals surface area (Å²) in [6.07, 6.45) is 12.7. The highest BCUT2D eigenvalue weighted by Gasteiger charge is 2.38. The molecule has 1 aliphatic carbocycles. The second kappa shape index (κ2) is 16.2. The molecule has 3 fully saturated rings. The Morgan fingerprint density at radius 1 is 1.14 bits per heavy atom. The van der Waals surface area contributed by atoms with E-state index in [4.69, 9.17) is 32.5 Å². The summed E-state index contributed by atoms with van der Waals surface area (Å²) in [4.78, 5) is 18.2. The molecule has 2 saturated heterocycles. The van der Waals surface area contributed by atoms with Crippen LogP contribution in [-0.2, 0) is 14.3 Å². The minimum absolute atomic E-state index is 0.0169. The average molecular weight is 625 g/mol. The predicted octanol–water partition coefficient (Wildman–Crippen LogP) is 4.37. The monoisotopic (exact) mass is 624 g/mol. The Kier molecular flexibility index (Phi) is 12.4. The van der Waals surface area contributed by atoms with E-state index in [1.54, 1.807) is 6.08 Å². The van der Waals surface area contributed by atoms with Crippen LogP contribution in [0.1, 0.15) is 50.7 Å². The minimum atomic E-state index is -0.143. The number of likely N-dealkylation sites (N-methyl/N-ethyl adjacent to an activating group) is 1. The highest BCUT2D eigenvalue weighted by molar-refractivity contribution is 6.30. The molecular weight excluding hydrogens is 576 g/mol. The summed E-state index contributed by atoms with van der Waals surface area (Å²) in [6, 6.07) is 6.09. The Balaban J connectivity index is 1.52. The molecule has 44 heavy (non-hydrogen) atoms. The number of rotatable bonds is 12. The Morgan fingerprint density at radius 2 is 1.89 bits per heavy atom. The maximum absolute atomic E-state index is 13.3. The number of carbonyl (C=O) groups excluding carboxylic acids is 1. The minimum Gasteiger partial charge on any atom is -0.472 e. The molecule has 1 amide bonds. The second-order valence-electron chi connectivity index (χ2n) is 11.9. The third kappa shape index (κ3) is 9.38. The molecule has 6 N–H and O–H groups in total. The van der Waals surface area contributed by atoms with Gasteiger partial charge in [-0.3, -0.25) is 9.69 Å². The fraction of sp³-hybridized carbons (Fsp3) is 0.500. The first-order chi connectivity index (χ1) is 21.2. The van der Waals surface area contributed by atoms with Gasteiger partial charge < -0.3 is 36.5 Å². The predicted molar refractivity (Wildman–Crippen MR) is 178 cm³/mol. The van der Waals surface area contributed by atoms with Gasteiger partial charge in [0, 0.05) is 72.2 Å². The number of nitrogens with one attached hydrogen (secondary N) is 2. The third-order valence-corrected chi connectivity index (χ3v) is 8.66. The molecule has 0 spiro atoms. The highest BCUT2D eigenvalue weighted by Crippen LogP contribution is 2.33. The van der Waals surface area contributed by atoms with Gasteiger partial charge in [-0.15, -0.1) is 0 Å². The normalized spacial score (nSPS) is 24.7. The smallest absolute Gasteiger partial charge is 0.227 e. The number of carbonyl (C=O) groups is 1. The second-order valence-corrected chi connectivity index (χ2v) is 12.3. The molecule has 1 saturated carbocycles. The fourth-order valence-corrected chi connectivity index (χ4v) is 5.85. The Hall–Kier alpha value is -3.24. The summed E-state index contributed by atoms with van der Waals surface area (Å²) < 4.78 is 11.6. The topological polar surface area (TPSA) is 118 Å². The van der Waals surface area contributed by atoms with Crippen molar-refractivity contribution in [3.05, 3.63) is 87.7 Å². The van der Waals surface area contributed by atoms with Crippen LogP contribution in [0.15, 0.2) is 71.6 Å². The van der Waals surface area contributed by atoms with Crippen LogP contribution in [-0.4, -0.2) is 74.3 Å². The number of allylic oxidation sites excluding steroid dienone is 5. The SMILES string of the molecule is C\C=C/C(=C\C(=C\CC)NC(=O)C1CC(N2CCN(C)CC2)C1)NC(/C=C(\N)c1cc(Cl)ccc1C)=C(/N)OC1CCOC1. The molecule has 9 nitrogen and oxygen atoms in total. The lowest BCUT2D eigenvalue weighted by molar-refractivity contribution is -0.129. The lowest BCUT2D eigenvalue weighted by Crippen LogP contribution is -2.55. The van der Waals surface area contributed by atoms with E-state index in [2.05, 4.69) is 27.5 Å². The van der Waals surface area contributed by atoms with E-state index < -0.39 is 0 Å². The number of aryl methyl sites for hydroxylation is 1. The van der Waals surface area contributed by atoms with E-state index >= 15 is 0 Å². The molecule has 1 aromatic carbocycles. The first kappa shape index (κ1) is 33.6. The van der Waals surface area contributed by atoms with Crippen molar-refractivity contribution in [1.29, 1.82) is 0 Å². The summed E-state index contributed by atoms with van der Waals surface area (Å²) in [5, 5.41) is 7.17. The quantitative estimate of drug-likeness (QED) is 0.200. The van der Waals surface area contributed by atoms with Gasteiger partial charge in [0.15, 0.2) is 0 Å². The molecule has 10 heteroatoms. The number of halogens is 1. The van der Waals surface area contributed by atoms with Crippen LogP contribution in [0.2, 0.25) is 5.02 Å². The number of hydrogen-bond donors (Lipinski definition) is 4.